The summed E-state index contributed by atoms with van der Waals surface area (Å²) in [5.41, 5.74) is 0. The summed E-state index contributed by atoms with van der Waals surface area (Å²) in [7, 11) is -0.145. The van der Waals surface area contributed by atoms with E-state index in [1.807, 2.05) is 0 Å². The molecule has 0 fully saturated rings. The predicted octanol–water partition coefficient (Wildman–Crippen LogP) is 3.83. The van der Waals surface area contributed by atoms with Gasteiger partial charge in [0.15, 0.2) is 0 Å². The molecule has 0 amide bonds. The first kappa shape index (κ1) is 9.72. The Morgan fingerprint density at radius 2 is 1.89 bits per heavy atom. The van der Waals surface area contributed by atoms with Crippen LogP contribution < -0.4 is 0 Å². The highest BCUT2D eigenvalue weighted by Crippen LogP contribution is 2.37. The second-order valence-electron chi connectivity index (χ2n) is 2.39. The van der Waals surface area contributed by atoms with Crippen LogP contribution in [-0.4, -0.2) is 12.8 Å². The van der Waals surface area contributed by atoms with Crippen molar-refractivity contribution in [2.24, 2.45) is 0 Å². The molecule has 0 aromatic heterocycles. The van der Waals surface area contributed by atoms with Gasteiger partial charge in [-0.2, -0.15) is 0 Å². The fourth-order valence-corrected chi connectivity index (χ4v) is 1.77. The molecule has 0 heterocycles. The normalized spacial score (nSPS) is 13.7. The van der Waals surface area contributed by atoms with Crippen molar-refractivity contribution >= 4 is 18.5 Å². The summed E-state index contributed by atoms with van der Waals surface area (Å²) < 4.78 is 0. The van der Waals surface area contributed by atoms with E-state index < -0.39 is 0 Å². The summed E-state index contributed by atoms with van der Waals surface area (Å²) in [5.74, 6) is 0. The Morgan fingerprint density at radius 3 is 2.33 bits per heavy atom. The molecule has 0 aliphatic carbocycles. The quantitative estimate of drug-likeness (QED) is 0.430. The second-order valence-corrected chi connectivity index (χ2v) is 5.78. The Hall–Kier alpha value is 0.720. The van der Waals surface area contributed by atoms with Gasteiger partial charge in [0.2, 0.25) is 0 Å². The van der Waals surface area contributed by atoms with Gasteiger partial charge in [0, 0.05) is 0 Å². The van der Waals surface area contributed by atoms with E-state index in [1.54, 1.807) is 0 Å². The van der Waals surface area contributed by atoms with E-state index in [0.29, 0.717) is 0 Å². The highest BCUT2D eigenvalue weighted by atomic mass is 35.7. The Labute approximate surface area is 64.5 Å². The first-order valence-electron chi connectivity index (χ1n) is 3.64. The third kappa shape index (κ3) is 8.72. The third-order valence-corrected chi connectivity index (χ3v) is 2.76. The average Bonchev–Trinajstić information content (AvgIpc) is 1.80. The monoisotopic (exact) mass is 166 g/mol. The van der Waals surface area contributed by atoms with Gasteiger partial charge >= 0.3 is 0 Å². The van der Waals surface area contributed by atoms with Crippen LogP contribution in [-0.2, 0) is 0 Å². The minimum atomic E-state index is -0.145. The molecule has 0 spiro atoms. The van der Waals surface area contributed by atoms with Gasteiger partial charge in [-0.05, 0) is 26.5 Å². The SMILES string of the molecule is CCCCCCP(C)Cl. The molecule has 0 N–H and O–H groups in total. The molecule has 0 bridgehead atoms. The van der Waals surface area contributed by atoms with Crippen molar-refractivity contribution in [2.75, 3.05) is 12.8 Å². The minimum Gasteiger partial charge on any atom is -0.0967 e. The number of rotatable bonds is 5. The zero-order chi connectivity index (χ0) is 7.11. The smallest absolute Gasteiger partial charge is 0.0129 e. The average molecular weight is 167 g/mol. The molecule has 0 aromatic rings. The van der Waals surface area contributed by atoms with Crippen LogP contribution in [0.15, 0.2) is 0 Å². The minimum absolute atomic E-state index is 0.145. The van der Waals surface area contributed by atoms with Crippen LogP contribution in [0.5, 0.6) is 0 Å². The lowest BCUT2D eigenvalue weighted by Crippen LogP contribution is -1.79. The molecule has 0 aliphatic heterocycles. The lowest BCUT2D eigenvalue weighted by atomic mass is 10.2. The maximum Gasteiger partial charge on any atom is -0.0129 e. The van der Waals surface area contributed by atoms with Crippen molar-refractivity contribution in [2.45, 2.75) is 32.6 Å². The van der Waals surface area contributed by atoms with E-state index >= 15 is 0 Å². The predicted molar refractivity (Wildman–Crippen MR) is 47.7 cm³/mol. The Morgan fingerprint density at radius 1 is 1.22 bits per heavy atom. The largest absolute Gasteiger partial charge is 0.0967 e. The van der Waals surface area contributed by atoms with E-state index in [2.05, 4.69) is 13.6 Å². The fourth-order valence-electron chi connectivity index (χ4n) is 0.756. The van der Waals surface area contributed by atoms with Crippen molar-refractivity contribution in [3.05, 3.63) is 0 Å². The van der Waals surface area contributed by atoms with Crippen LogP contribution in [0.2, 0.25) is 0 Å². The third-order valence-electron chi connectivity index (χ3n) is 1.32. The second kappa shape index (κ2) is 6.83. The van der Waals surface area contributed by atoms with Crippen LogP contribution in [0.3, 0.4) is 0 Å². The van der Waals surface area contributed by atoms with E-state index in [-0.39, 0.29) is 7.27 Å². The summed E-state index contributed by atoms with van der Waals surface area (Å²) in [6, 6.07) is 0. The molecule has 9 heavy (non-hydrogen) atoms. The van der Waals surface area contributed by atoms with Gasteiger partial charge in [0.25, 0.3) is 0 Å². The van der Waals surface area contributed by atoms with E-state index in [4.69, 9.17) is 11.2 Å². The molecule has 0 rings (SSSR count). The zero-order valence-corrected chi connectivity index (χ0v) is 8.01. The summed E-state index contributed by atoms with van der Waals surface area (Å²) >= 11 is 5.82. The summed E-state index contributed by atoms with van der Waals surface area (Å²) in [4.78, 5) is 0. The van der Waals surface area contributed by atoms with Crippen molar-refractivity contribution in [3.63, 3.8) is 0 Å². The number of halogens is 1. The van der Waals surface area contributed by atoms with Gasteiger partial charge in [-0.15, -0.1) is 0 Å². The number of unbranched alkanes of at least 4 members (excludes halogenated alkanes) is 3. The van der Waals surface area contributed by atoms with Crippen molar-refractivity contribution < 1.29 is 0 Å². The molecule has 0 nitrogen and oxygen atoms in total. The maximum absolute atomic E-state index is 5.82. The van der Waals surface area contributed by atoms with Gasteiger partial charge in [-0.3, -0.25) is 0 Å². The summed E-state index contributed by atoms with van der Waals surface area (Å²) in [6.45, 7) is 4.36. The Balaban J connectivity index is 2.75. The lowest BCUT2D eigenvalue weighted by molar-refractivity contribution is 0.705. The van der Waals surface area contributed by atoms with Gasteiger partial charge < -0.3 is 0 Å². The first-order valence-corrected chi connectivity index (χ1v) is 6.52. The Kier molecular flexibility index (Phi) is 7.38. The number of hydrogen-bond acceptors (Lipinski definition) is 0. The molecule has 0 radical (unpaired) electrons. The van der Waals surface area contributed by atoms with Gasteiger partial charge in [-0.1, -0.05) is 37.4 Å². The fraction of sp³-hybridized carbons (Fsp3) is 1.00. The Bertz CT molecular complexity index is 54.9. The topological polar surface area (TPSA) is 0 Å². The zero-order valence-electron chi connectivity index (χ0n) is 6.36. The summed E-state index contributed by atoms with van der Waals surface area (Å²) in [5, 5.41) is 0. The van der Waals surface area contributed by atoms with Crippen molar-refractivity contribution in [1.29, 1.82) is 0 Å². The van der Waals surface area contributed by atoms with Gasteiger partial charge in [0.05, 0.1) is 0 Å². The van der Waals surface area contributed by atoms with Crippen LogP contribution in [0, 0.1) is 0 Å². The van der Waals surface area contributed by atoms with Crippen LogP contribution in [0.1, 0.15) is 32.6 Å². The highest BCUT2D eigenvalue weighted by molar-refractivity contribution is 7.83. The molecule has 1 atom stereocenters. The van der Waals surface area contributed by atoms with E-state index in [0.717, 1.165) is 0 Å². The molecule has 2 heteroatoms. The standard InChI is InChI=1S/C7H16ClP/c1-3-4-5-6-7-9(2)8/h3-7H2,1-2H3. The molecule has 0 saturated carbocycles. The number of hydrogen-bond donors (Lipinski definition) is 0. The highest BCUT2D eigenvalue weighted by Gasteiger charge is 1.93. The molecule has 0 aliphatic rings. The van der Waals surface area contributed by atoms with Crippen LogP contribution in [0.4, 0.5) is 0 Å². The van der Waals surface area contributed by atoms with E-state index in [9.17, 15) is 0 Å². The lowest BCUT2D eigenvalue weighted by Gasteiger charge is -2.00. The molecular weight excluding hydrogens is 151 g/mol. The maximum atomic E-state index is 5.82. The summed E-state index contributed by atoms with van der Waals surface area (Å²) in [6.07, 6.45) is 6.65. The first-order chi connectivity index (χ1) is 4.27. The molecule has 1 unspecified atom stereocenters. The van der Waals surface area contributed by atoms with Crippen LogP contribution in [0.25, 0.3) is 0 Å². The van der Waals surface area contributed by atoms with Gasteiger partial charge in [-0.25, -0.2) is 0 Å². The molecule has 56 valence electrons. The molecular formula is C7H16ClP. The van der Waals surface area contributed by atoms with Crippen LogP contribution >= 0.6 is 18.5 Å². The van der Waals surface area contributed by atoms with Crippen molar-refractivity contribution in [3.8, 4) is 0 Å². The molecule has 0 aromatic carbocycles. The molecule has 0 saturated heterocycles. The van der Waals surface area contributed by atoms with Gasteiger partial charge in [0.1, 0.15) is 0 Å². The van der Waals surface area contributed by atoms with E-state index in [1.165, 1.54) is 31.8 Å². The van der Waals surface area contributed by atoms with Crippen molar-refractivity contribution in [1.82, 2.24) is 0 Å².